The number of carbonyl (C=O) groups is 1. The normalized spacial score (nSPS) is 11.3. The largest absolute Gasteiger partial charge is 0.494 e. The van der Waals surface area contributed by atoms with E-state index in [0.29, 0.717) is 28.3 Å². The third kappa shape index (κ3) is 4.23. The van der Waals surface area contributed by atoms with Gasteiger partial charge in [-0.15, -0.1) is 11.3 Å². The number of ketones is 1. The molecule has 0 unspecified atom stereocenters. The highest BCUT2D eigenvalue weighted by Crippen LogP contribution is 2.36. The average molecular weight is 447 g/mol. The van der Waals surface area contributed by atoms with E-state index in [1.54, 1.807) is 0 Å². The van der Waals surface area contributed by atoms with Crippen molar-refractivity contribution in [3.63, 3.8) is 0 Å². The first kappa shape index (κ1) is 22.0. The van der Waals surface area contributed by atoms with Crippen LogP contribution >= 0.6 is 11.3 Å². The molecule has 2 aromatic heterocycles. The van der Waals surface area contributed by atoms with Gasteiger partial charge >= 0.3 is 0 Å². The van der Waals surface area contributed by atoms with Gasteiger partial charge in [0.1, 0.15) is 10.6 Å². The van der Waals surface area contributed by atoms with Gasteiger partial charge in [-0.3, -0.25) is 14.2 Å². The second kappa shape index (κ2) is 9.09. The fourth-order valence-corrected chi connectivity index (χ4v) is 4.79. The third-order valence-corrected chi connectivity index (χ3v) is 6.54. The maximum Gasteiger partial charge on any atom is 0.263 e. The number of Topliss-reactive ketones (excluding diaryl/α,β-unsaturated/α-hetero) is 1. The number of hydrogen-bond acceptors (Lipinski definition) is 5. The van der Waals surface area contributed by atoms with E-state index in [-0.39, 0.29) is 17.9 Å². The highest BCUT2D eigenvalue weighted by Gasteiger charge is 2.18. The van der Waals surface area contributed by atoms with Crippen molar-refractivity contribution in [3.05, 3.63) is 81.2 Å². The number of aromatic nitrogens is 2. The van der Waals surface area contributed by atoms with Gasteiger partial charge in [0.25, 0.3) is 5.56 Å². The number of thiophene rings is 1. The second-order valence-corrected chi connectivity index (χ2v) is 9.25. The van der Waals surface area contributed by atoms with Crippen LogP contribution in [0, 0.1) is 6.92 Å². The summed E-state index contributed by atoms with van der Waals surface area (Å²) in [5.41, 5.74) is 3.37. The lowest BCUT2D eigenvalue weighted by atomic mass is 10.0. The van der Waals surface area contributed by atoms with Crippen molar-refractivity contribution in [2.75, 3.05) is 6.61 Å². The van der Waals surface area contributed by atoms with Crippen molar-refractivity contribution >= 4 is 27.3 Å². The molecule has 4 aromatic rings. The Balaban J connectivity index is 1.70. The first-order valence-corrected chi connectivity index (χ1v) is 11.6. The number of benzene rings is 2. The van der Waals surface area contributed by atoms with Gasteiger partial charge in [0.05, 0.1) is 24.9 Å². The van der Waals surface area contributed by atoms with Crippen LogP contribution in [-0.4, -0.2) is 21.9 Å². The molecule has 4 rings (SSSR count). The number of hydrogen-bond donors (Lipinski definition) is 0. The van der Waals surface area contributed by atoms with Crippen LogP contribution in [0.5, 0.6) is 5.75 Å². The predicted molar refractivity (Wildman–Crippen MR) is 130 cm³/mol. The zero-order valence-corrected chi connectivity index (χ0v) is 19.5. The monoisotopic (exact) mass is 446 g/mol. The summed E-state index contributed by atoms with van der Waals surface area (Å²) in [6.07, 6.45) is 1.48. The molecule has 0 spiro atoms. The molecule has 2 heterocycles. The van der Waals surface area contributed by atoms with Crippen LogP contribution in [-0.2, 0) is 6.54 Å². The molecule has 0 aliphatic rings. The van der Waals surface area contributed by atoms with Gasteiger partial charge in [0, 0.05) is 16.0 Å². The lowest BCUT2D eigenvalue weighted by Crippen LogP contribution is -2.24. The Morgan fingerprint density at radius 3 is 2.41 bits per heavy atom. The summed E-state index contributed by atoms with van der Waals surface area (Å²) in [5.74, 6) is 1.08. The maximum absolute atomic E-state index is 13.4. The fraction of sp³-hybridized carbons (Fsp3) is 0.269. The Hall–Kier alpha value is -3.25. The van der Waals surface area contributed by atoms with Gasteiger partial charge in [-0.05, 0) is 43.0 Å². The molecule has 0 radical (unpaired) electrons. The van der Waals surface area contributed by atoms with Crippen molar-refractivity contribution in [2.45, 2.75) is 40.2 Å². The van der Waals surface area contributed by atoms with Crippen LogP contribution < -0.4 is 10.3 Å². The molecule has 32 heavy (non-hydrogen) atoms. The molecule has 6 heteroatoms. The highest BCUT2D eigenvalue weighted by molar-refractivity contribution is 7.19. The van der Waals surface area contributed by atoms with Crippen molar-refractivity contribution in [3.8, 4) is 16.9 Å². The molecular formula is C26H26N2O3S. The third-order valence-electron chi connectivity index (χ3n) is 5.52. The van der Waals surface area contributed by atoms with Crippen LogP contribution in [0.1, 0.15) is 47.5 Å². The van der Waals surface area contributed by atoms with Gasteiger partial charge in [-0.2, -0.15) is 0 Å². The van der Waals surface area contributed by atoms with E-state index in [9.17, 15) is 9.59 Å². The van der Waals surface area contributed by atoms with E-state index in [0.717, 1.165) is 21.8 Å². The average Bonchev–Trinajstić information content (AvgIpc) is 3.13. The Labute approximate surface area is 191 Å². The Morgan fingerprint density at radius 2 is 1.78 bits per heavy atom. The molecule has 0 saturated heterocycles. The van der Waals surface area contributed by atoms with E-state index in [1.165, 1.54) is 27.8 Å². The minimum absolute atomic E-state index is 0.0413. The first-order chi connectivity index (χ1) is 15.4. The smallest absolute Gasteiger partial charge is 0.263 e. The van der Waals surface area contributed by atoms with Gasteiger partial charge in [-0.25, -0.2) is 4.98 Å². The summed E-state index contributed by atoms with van der Waals surface area (Å²) in [6.45, 7) is 8.72. The van der Waals surface area contributed by atoms with Gasteiger partial charge in [-0.1, -0.05) is 50.2 Å². The van der Waals surface area contributed by atoms with Crippen molar-refractivity contribution in [1.29, 1.82) is 0 Å². The molecule has 0 aliphatic heterocycles. The van der Waals surface area contributed by atoms with E-state index in [1.807, 2.05) is 62.4 Å². The molecule has 0 saturated carbocycles. The second-order valence-electron chi connectivity index (χ2n) is 8.05. The first-order valence-electron chi connectivity index (χ1n) is 10.7. The van der Waals surface area contributed by atoms with Crippen LogP contribution in [0.15, 0.2) is 59.7 Å². The van der Waals surface area contributed by atoms with Gasteiger partial charge < -0.3 is 4.74 Å². The molecular weight excluding hydrogens is 420 g/mol. The maximum atomic E-state index is 13.4. The van der Waals surface area contributed by atoms with Crippen molar-refractivity contribution in [1.82, 2.24) is 9.55 Å². The molecule has 0 N–H and O–H groups in total. The van der Waals surface area contributed by atoms with Crippen LogP contribution in [0.3, 0.4) is 0 Å². The van der Waals surface area contributed by atoms with E-state index < -0.39 is 0 Å². The van der Waals surface area contributed by atoms with E-state index >= 15 is 0 Å². The van der Waals surface area contributed by atoms with Gasteiger partial charge in [0.15, 0.2) is 5.78 Å². The summed E-state index contributed by atoms with van der Waals surface area (Å²) in [5, 5.41) is 0.558. The molecule has 2 aromatic carbocycles. The lowest BCUT2D eigenvalue weighted by molar-refractivity contribution is 0.0970. The zero-order valence-electron chi connectivity index (χ0n) is 18.7. The van der Waals surface area contributed by atoms with E-state index in [2.05, 4.69) is 18.8 Å². The lowest BCUT2D eigenvalue weighted by Gasteiger charge is -2.09. The summed E-state index contributed by atoms with van der Waals surface area (Å²) < 4.78 is 6.94. The zero-order chi connectivity index (χ0) is 22.8. The number of ether oxygens (including phenoxy) is 1. The molecule has 0 amide bonds. The number of rotatable bonds is 7. The minimum atomic E-state index is -0.199. The molecule has 0 aliphatic carbocycles. The summed E-state index contributed by atoms with van der Waals surface area (Å²) >= 11 is 1.49. The van der Waals surface area contributed by atoms with E-state index in [4.69, 9.17) is 4.74 Å². The Bertz CT molecular complexity index is 1320. The van der Waals surface area contributed by atoms with Crippen molar-refractivity contribution in [2.24, 2.45) is 0 Å². The summed E-state index contributed by atoms with van der Waals surface area (Å²) in [4.78, 5) is 32.4. The van der Waals surface area contributed by atoms with Crippen LogP contribution in [0.2, 0.25) is 0 Å². The molecule has 0 fully saturated rings. The number of carbonyl (C=O) groups excluding carboxylic acids is 1. The van der Waals surface area contributed by atoms with Crippen LogP contribution in [0.4, 0.5) is 0 Å². The Kier molecular flexibility index (Phi) is 6.24. The molecule has 164 valence electrons. The number of nitrogens with zero attached hydrogens (tertiary/aromatic N) is 2. The molecule has 0 atom stereocenters. The molecule has 5 nitrogen and oxygen atoms in total. The van der Waals surface area contributed by atoms with Crippen LogP contribution in [0.25, 0.3) is 21.3 Å². The predicted octanol–water partition coefficient (Wildman–Crippen LogP) is 5.84. The SMILES string of the molecule is CCOc1ccc(-c2c(C)sc3ncn(CC(=O)c4ccc(C(C)C)cc4)c(=O)c23)cc1. The topological polar surface area (TPSA) is 61.2 Å². The standard InChI is InChI=1S/C26H26N2O3S/c1-5-31-21-12-10-20(11-13-21)23-17(4)32-25-24(23)26(30)28(15-27-25)14-22(29)19-8-6-18(7-9-19)16(2)3/h6-13,15-16H,5,14H2,1-4H3. The number of fused-ring (bicyclic) bond motifs is 1. The van der Waals surface area contributed by atoms with Gasteiger partial charge in [0.2, 0.25) is 0 Å². The minimum Gasteiger partial charge on any atom is -0.494 e. The molecule has 0 bridgehead atoms. The summed E-state index contributed by atoms with van der Waals surface area (Å²) in [6, 6.07) is 15.3. The number of aryl methyl sites for hydroxylation is 1. The summed E-state index contributed by atoms with van der Waals surface area (Å²) in [7, 11) is 0. The fourth-order valence-electron chi connectivity index (χ4n) is 3.78. The Morgan fingerprint density at radius 1 is 1.09 bits per heavy atom. The quantitative estimate of drug-likeness (QED) is 0.335. The highest BCUT2D eigenvalue weighted by atomic mass is 32.1. The van der Waals surface area contributed by atoms with Crippen molar-refractivity contribution < 1.29 is 9.53 Å².